The Labute approximate surface area is 187 Å². The van der Waals surface area contributed by atoms with Crippen LogP contribution in [-0.4, -0.2) is 55.3 Å². The van der Waals surface area contributed by atoms with E-state index in [4.69, 9.17) is 9.72 Å². The predicted octanol–water partition coefficient (Wildman–Crippen LogP) is 5.41. The zero-order chi connectivity index (χ0) is 21.5. The zero-order valence-corrected chi connectivity index (χ0v) is 19.7. The minimum absolute atomic E-state index is 0.00988. The molecule has 0 N–H and O–H groups in total. The number of ether oxygens (including phenoxy) is 1. The van der Waals surface area contributed by atoms with Gasteiger partial charge < -0.3 is 9.64 Å². The Kier molecular flexibility index (Phi) is 8.13. The number of carbonyl (C=O) groups is 1. The smallest absolute Gasteiger partial charge is 0.260 e. The molecule has 3 rings (SSSR count). The first kappa shape index (κ1) is 22.6. The summed E-state index contributed by atoms with van der Waals surface area (Å²) in [7, 11) is 4.09. The van der Waals surface area contributed by atoms with E-state index in [2.05, 4.69) is 11.8 Å². The van der Waals surface area contributed by atoms with Crippen LogP contribution in [-0.2, 0) is 0 Å². The third-order valence-corrected chi connectivity index (χ3v) is 6.45. The fraction of sp³-hybridized carbons (Fsp3) is 0.391. The molecular weight excluding hydrogens is 414 g/mol. The van der Waals surface area contributed by atoms with Crippen LogP contribution in [0, 0.1) is 0 Å². The zero-order valence-electron chi connectivity index (χ0n) is 18.1. The Morgan fingerprint density at radius 1 is 1.13 bits per heavy atom. The van der Waals surface area contributed by atoms with E-state index in [-0.39, 0.29) is 5.91 Å². The summed E-state index contributed by atoms with van der Waals surface area (Å²) in [6.07, 6.45) is 0.871. The number of hydrogen-bond donors (Lipinski definition) is 0. The molecule has 0 aliphatic rings. The van der Waals surface area contributed by atoms with E-state index >= 15 is 0 Å². The number of rotatable bonds is 10. The van der Waals surface area contributed by atoms with E-state index in [9.17, 15) is 4.79 Å². The number of amides is 1. The maximum absolute atomic E-state index is 13.5. The van der Waals surface area contributed by atoms with Gasteiger partial charge in [-0.25, -0.2) is 4.98 Å². The molecule has 0 spiro atoms. The number of fused-ring (bicyclic) bond motifs is 1. The quantitative estimate of drug-likeness (QED) is 0.392. The Morgan fingerprint density at radius 2 is 1.93 bits per heavy atom. The first-order chi connectivity index (χ1) is 14.5. The first-order valence-corrected chi connectivity index (χ1v) is 12.1. The standard InChI is InChI=1S/C23H29N3O2S2/c1-5-28-19-12-8-13-20-21(19)24-23(30-20)26(15-9-14-25(3)4)22(27)17-10-7-11-18(16-17)29-6-2/h7-8,10-13,16H,5-6,9,14-15H2,1-4H3. The number of benzene rings is 2. The number of hydrogen-bond acceptors (Lipinski definition) is 6. The van der Waals surface area contributed by atoms with Gasteiger partial charge >= 0.3 is 0 Å². The van der Waals surface area contributed by atoms with Crippen LogP contribution in [0.5, 0.6) is 5.75 Å². The summed E-state index contributed by atoms with van der Waals surface area (Å²) < 4.78 is 6.77. The molecular formula is C23H29N3O2S2. The van der Waals surface area contributed by atoms with Gasteiger partial charge in [-0.05, 0) is 70.1 Å². The maximum Gasteiger partial charge on any atom is 0.260 e. The van der Waals surface area contributed by atoms with Gasteiger partial charge in [0.2, 0.25) is 0 Å². The minimum Gasteiger partial charge on any atom is -0.492 e. The van der Waals surface area contributed by atoms with Crippen molar-refractivity contribution in [3.05, 3.63) is 48.0 Å². The van der Waals surface area contributed by atoms with Crippen molar-refractivity contribution in [3.63, 3.8) is 0 Å². The summed E-state index contributed by atoms with van der Waals surface area (Å²) >= 11 is 3.28. The lowest BCUT2D eigenvalue weighted by atomic mass is 10.2. The van der Waals surface area contributed by atoms with E-state index in [1.165, 1.54) is 11.3 Å². The second-order valence-corrected chi connectivity index (χ2v) is 9.45. The molecule has 30 heavy (non-hydrogen) atoms. The normalized spacial score (nSPS) is 11.2. The van der Waals surface area contributed by atoms with Crippen molar-refractivity contribution in [2.45, 2.75) is 25.2 Å². The molecule has 1 heterocycles. The Bertz CT molecular complexity index is 987. The molecule has 0 saturated heterocycles. The van der Waals surface area contributed by atoms with Crippen LogP contribution in [0.2, 0.25) is 0 Å². The summed E-state index contributed by atoms with van der Waals surface area (Å²) in [4.78, 5) is 23.4. The van der Waals surface area contributed by atoms with E-state index in [1.807, 2.05) is 68.4 Å². The topological polar surface area (TPSA) is 45.7 Å². The highest BCUT2D eigenvalue weighted by molar-refractivity contribution is 7.99. The van der Waals surface area contributed by atoms with Crippen LogP contribution in [0.25, 0.3) is 10.2 Å². The number of carbonyl (C=O) groups excluding carboxylic acids is 1. The maximum atomic E-state index is 13.5. The fourth-order valence-electron chi connectivity index (χ4n) is 3.17. The lowest BCUT2D eigenvalue weighted by Crippen LogP contribution is -2.33. The molecule has 0 radical (unpaired) electrons. The van der Waals surface area contributed by atoms with Crippen LogP contribution >= 0.6 is 23.1 Å². The summed E-state index contributed by atoms with van der Waals surface area (Å²) in [5.41, 5.74) is 1.52. The number of thiazole rings is 1. The van der Waals surface area contributed by atoms with Crippen LogP contribution in [0.3, 0.4) is 0 Å². The predicted molar refractivity (Wildman–Crippen MR) is 128 cm³/mol. The molecule has 0 aliphatic heterocycles. The van der Waals surface area contributed by atoms with E-state index in [0.29, 0.717) is 18.7 Å². The van der Waals surface area contributed by atoms with Gasteiger partial charge in [0.05, 0.1) is 11.3 Å². The number of anilines is 1. The van der Waals surface area contributed by atoms with E-state index in [0.717, 1.165) is 44.7 Å². The Morgan fingerprint density at radius 3 is 2.67 bits per heavy atom. The molecule has 0 aliphatic carbocycles. The monoisotopic (exact) mass is 443 g/mol. The third-order valence-electron chi connectivity index (χ3n) is 4.53. The molecule has 0 bridgehead atoms. The first-order valence-electron chi connectivity index (χ1n) is 10.2. The van der Waals surface area contributed by atoms with Crippen LogP contribution in [0.15, 0.2) is 47.4 Å². The molecule has 0 unspecified atom stereocenters. The van der Waals surface area contributed by atoms with Crippen LogP contribution in [0.1, 0.15) is 30.6 Å². The highest BCUT2D eigenvalue weighted by Crippen LogP contribution is 2.35. The van der Waals surface area contributed by atoms with Gasteiger partial charge in [-0.15, -0.1) is 11.8 Å². The summed E-state index contributed by atoms with van der Waals surface area (Å²) in [6.45, 7) is 6.18. The molecule has 0 fully saturated rings. The SMILES string of the molecule is CCOc1cccc2sc(N(CCCN(C)C)C(=O)c3cccc(SCC)c3)nc12. The van der Waals surface area contributed by atoms with E-state index in [1.54, 1.807) is 11.8 Å². The highest BCUT2D eigenvalue weighted by Gasteiger charge is 2.22. The van der Waals surface area contributed by atoms with Gasteiger partial charge in [0.25, 0.3) is 5.91 Å². The van der Waals surface area contributed by atoms with Crippen molar-refractivity contribution in [1.82, 2.24) is 9.88 Å². The Hall–Kier alpha value is -2.09. The molecule has 3 aromatic rings. The summed E-state index contributed by atoms with van der Waals surface area (Å²) in [5, 5.41) is 0.717. The van der Waals surface area contributed by atoms with Crippen molar-refractivity contribution >= 4 is 44.4 Å². The molecule has 1 aromatic heterocycles. The van der Waals surface area contributed by atoms with Crippen LogP contribution < -0.4 is 9.64 Å². The highest BCUT2D eigenvalue weighted by atomic mass is 32.2. The van der Waals surface area contributed by atoms with Gasteiger partial charge in [-0.1, -0.05) is 30.4 Å². The average molecular weight is 444 g/mol. The van der Waals surface area contributed by atoms with E-state index < -0.39 is 0 Å². The molecule has 0 saturated carbocycles. The van der Waals surface area contributed by atoms with Crippen molar-refractivity contribution < 1.29 is 9.53 Å². The number of nitrogens with zero attached hydrogens (tertiary/aromatic N) is 3. The lowest BCUT2D eigenvalue weighted by Gasteiger charge is -2.21. The third kappa shape index (κ3) is 5.53. The summed E-state index contributed by atoms with van der Waals surface area (Å²) in [6, 6.07) is 13.8. The minimum atomic E-state index is -0.00988. The van der Waals surface area contributed by atoms with Gasteiger partial charge in [0.1, 0.15) is 11.3 Å². The van der Waals surface area contributed by atoms with Gasteiger partial charge in [-0.3, -0.25) is 9.69 Å². The average Bonchev–Trinajstić information content (AvgIpc) is 3.16. The largest absolute Gasteiger partial charge is 0.492 e. The molecule has 7 heteroatoms. The van der Waals surface area contributed by atoms with Crippen molar-refractivity contribution in [2.75, 3.05) is 44.4 Å². The molecule has 2 aromatic carbocycles. The summed E-state index contributed by atoms with van der Waals surface area (Å²) in [5.74, 6) is 1.73. The number of thioether (sulfide) groups is 1. The lowest BCUT2D eigenvalue weighted by molar-refractivity contribution is 0.0986. The van der Waals surface area contributed by atoms with Gasteiger partial charge in [0, 0.05) is 17.0 Å². The fourth-order valence-corrected chi connectivity index (χ4v) is 4.90. The van der Waals surface area contributed by atoms with Crippen LogP contribution in [0.4, 0.5) is 5.13 Å². The van der Waals surface area contributed by atoms with Crippen molar-refractivity contribution in [2.24, 2.45) is 0 Å². The van der Waals surface area contributed by atoms with Gasteiger partial charge in [0.15, 0.2) is 5.13 Å². The number of para-hydroxylation sites is 1. The van der Waals surface area contributed by atoms with Crippen molar-refractivity contribution in [3.8, 4) is 5.75 Å². The van der Waals surface area contributed by atoms with Crippen molar-refractivity contribution in [1.29, 1.82) is 0 Å². The molecule has 1 amide bonds. The Balaban J connectivity index is 1.96. The van der Waals surface area contributed by atoms with Gasteiger partial charge in [-0.2, -0.15) is 0 Å². The molecule has 160 valence electrons. The molecule has 5 nitrogen and oxygen atoms in total. The number of aromatic nitrogens is 1. The second kappa shape index (κ2) is 10.8. The second-order valence-electron chi connectivity index (χ2n) is 7.11. The molecule has 0 atom stereocenters.